The molecule has 0 rings (SSSR count). The number of aliphatic hydroxyl groups is 2. The van der Waals surface area contributed by atoms with Crippen molar-refractivity contribution in [2.45, 2.75) is 43.1 Å². The monoisotopic (exact) mass is 212 g/mol. The molecule has 10 heavy (non-hydrogen) atoms. The summed E-state index contributed by atoms with van der Waals surface area (Å²) in [6.45, 7) is 5.39. The predicted molar refractivity (Wildman–Crippen MR) is 43.3 cm³/mol. The van der Waals surface area contributed by atoms with E-state index in [1.54, 1.807) is 20.8 Å². The summed E-state index contributed by atoms with van der Waals surface area (Å²) >= 11 is 0.381. The molecule has 1 atom stereocenters. The zero-order chi connectivity index (χ0) is 8.20. The molecule has 0 heterocycles. The van der Waals surface area contributed by atoms with Gasteiger partial charge in [0.25, 0.3) is 0 Å². The van der Waals surface area contributed by atoms with Crippen LogP contribution in [0, 0.1) is 0 Å². The molecule has 0 amide bonds. The second-order valence-corrected chi connectivity index (χ2v) is 5.34. The van der Waals surface area contributed by atoms with Crippen LogP contribution in [0.3, 0.4) is 0 Å². The molecule has 2 nitrogen and oxygen atoms in total. The van der Waals surface area contributed by atoms with Crippen LogP contribution >= 0.6 is 0 Å². The van der Waals surface area contributed by atoms with Crippen LogP contribution in [0.5, 0.6) is 0 Å². The van der Waals surface area contributed by atoms with Gasteiger partial charge < -0.3 is 0 Å². The molecule has 0 aromatic heterocycles. The van der Waals surface area contributed by atoms with Crippen molar-refractivity contribution in [2.75, 3.05) is 0 Å². The minimum atomic E-state index is -0.547. The first kappa shape index (κ1) is 10.4. The van der Waals surface area contributed by atoms with Gasteiger partial charge in [-0.3, -0.25) is 0 Å². The van der Waals surface area contributed by atoms with E-state index in [1.807, 2.05) is 0 Å². The Morgan fingerprint density at radius 3 is 2.30 bits per heavy atom. The van der Waals surface area contributed by atoms with E-state index >= 15 is 0 Å². The summed E-state index contributed by atoms with van der Waals surface area (Å²) in [5.74, 6) is 0. The van der Waals surface area contributed by atoms with Gasteiger partial charge in [0.15, 0.2) is 0 Å². The van der Waals surface area contributed by atoms with Gasteiger partial charge in [-0.1, -0.05) is 0 Å². The van der Waals surface area contributed by atoms with Crippen LogP contribution in [0.25, 0.3) is 0 Å². The molecule has 0 saturated heterocycles. The Morgan fingerprint density at radius 2 is 2.00 bits per heavy atom. The van der Waals surface area contributed by atoms with Crippen molar-refractivity contribution in [2.24, 2.45) is 0 Å². The van der Waals surface area contributed by atoms with E-state index in [0.717, 1.165) is 10.6 Å². The Balaban J connectivity index is 3.21. The van der Waals surface area contributed by atoms with Crippen molar-refractivity contribution in [1.82, 2.24) is 0 Å². The van der Waals surface area contributed by atoms with E-state index in [9.17, 15) is 5.11 Å². The molecule has 0 aliphatic rings. The molecule has 2 N–H and O–H groups in total. The molecule has 62 valence electrons. The molecule has 1 unspecified atom stereocenters. The zero-order valence-corrected chi connectivity index (χ0v) is 8.51. The zero-order valence-electron chi connectivity index (χ0n) is 6.79. The van der Waals surface area contributed by atoms with E-state index in [1.165, 1.54) is 0 Å². The maximum absolute atomic E-state index is 9.26. The van der Waals surface area contributed by atoms with Crippen molar-refractivity contribution < 1.29 is 10.2 Å². The SMILES string of the molecule is CC(O)C[Se]CC(C)(C)O. The van der Waals surface area contributed by atoms with Gasteiger partial charge in [0.05, 0.1) is 0 Å². The molecule has 0 radical (unpaired) electrons. The Labute approximate surface area is 68.8 Å². The van der Waals surface area contributed by atoms with Crippen LogP contribution in [-0.2, 0) is 0 Å². The van der Waals surface area contributed by atoms with Crippen LogP contribution < -0.4 is 0 Å². The maximum atomic E-state index is 9.26. The van der Waals surface area contributed by atoms with E-state index in [-0.39, 0.29) is 6.10 Å². The van der Waals surface area contributed by atoms with Crippen molar-refractivity contribution in [3.8, 4) is 0 Å². The summed E-state index contributed by atoms with van der Waals surface area (Å²) in [5.41, 5.74) is -0.547. The third-order valence-electron chi connectivity index (χ3n) is 0.814. The number of hydrogen-bond donors (Lipinski definition) is 2. The second-order valence-electron chi connectivity index (χ2n) is 3.18. The summed E-state index contributed by atoms with van der Waals surface area (Å²) in [6.07, 6.45) is -0.206. The third kappa shape index (κ3) is 8.44. The summed E-state index contributed by atoms with van der Waals surface area (Å²) < 4.78 is 0. The second kappa shape index (κ2) is 4.34. The first-order chi connectivity index (χ1) is 4.42. The van der Waals surface area contributed by atoms with E-state index < -0.39 is 5.60 Å². The number of aliphatic hydroxyl groups excluding tert-OH is 1. The van der Waals surface area contributed by atoms with Gasteiger partial charge in [-0.2, -0.15) is 0 Å². The summed E-state index contributed by atoms with van der Waals surface area (Å²) in [6, 6.07) is 0. The molecule has 0 fully saturated rings. The third-order valence-corrected chi connectivity index (χ3v) is 4.23. The Kier molecular flexibility index (Phi) is 4.54. The summed E-state index contributed by atoms with van der Waals surface area (Å²) in [5, 5.41) is 19.8. The van der Waals surface area contributed by atoms with E-state index in [4.69, 9.17) is 5.11 Å². The van der Waals surface area contributed by atoms with E-state index in [0.29, 0.717) is 15.0 Å². The van der Waals surface area contributed by atoms with Crippen molar-refractivity contribution in [1.29, 1.82) is 0 Å². The molecule has 0 aliphatic heterocycles. The molecule has 3 heteroatoms. The van der Waals surface area contributed by atoms with Crippen LogP contribution in [0.4, 0.5) is 0 Å². The standard InChI is InChI=1S/C7H16O2Se/c1-6(8)4-10-5-7(2,3)9/h6,8-9H,4-5H2,1-3H3. The molecule has 0 aromatic carbocycles. The summed E-state index contributed by atoms with van der Waals surface area (Å²) in [7, 11) is 0. The van der Waals surface area contributed by atoms with Crippen LogP contribution in [0.1, 0.15) is 20.8 Å². The number of rotatable bonds is 4. The fraction of sp³-hybridized carbons (Fsp3) is 1.00. The molecule has 0 bridgehead atoms. The van der Waals surface area contributed by atoms with Gasteiger partial charge in [0.1, 0.15) is 0 Å². The molecule has 0 saturated carbocycles. The van der Waals surface area contributed by atoms with Crippen molar-refractivity contribution in [3.63, 3.8) is 0 Å². The van der Waals surface area contributed by atoms with Crippen molar-refractivity contribution >= 4 is 15.0 Å². The fourth-order valence-electron chi connectivity index (χ4n) is 0.479. The van der Waals surface area contributed by atoms with Gasteiger partial charge in [0.2, 0.25) is 0 Å². The average Bonchev–Trinajstić information content (AvgIpc) is 1.59. The quantitative estimate of drug-likeness (QED) is 0.671. The van der Waals surface area contributed by atoms with Crippen LogP contribution in [0.2, 0.25) is 10.6 Å². The van der Waals surface area contributed by atoms with Crippen molar-refractivity contribution in [3.05, 3.63) is 0 Å². The van der Waals surface area contributed by atoms with Gasteiger partial charge in [-0.05, 0) is 0 Å². The Morgan fingerprint density at radius 1 is 1.50 bits per heavy atom. The average molecular weight is 211 g/mol. The number of hydrogen-bond acceptors (Lipinski definition) is 2. The van der Waals surface area contributed by atoms with Gasteiger partial charge >= 0.3 is 68.3 Å². The predicted octanol–water partition coefficient (Wildman–Crippen LogP) is 0.679. The molecule has 0 aliphatic carbocycles. The Bertz CT molecular complexity index is 86.1. The fourth-order valence-corrected chi connectivity index (χ4v) is 2.49. The topological polar surface area (TPSA) is 40.5 Å². The summed E-state index contributed by atoms with van der Waals surface area (Å²) in [4.78, 5) is 0. The van der Waals surface area contributed by atoms with Gasteiger partial charge in [0, 0.05) is 0 Å². The molecule has 0 spiro atoms. The molecular formula is C7H16O2Se. The van der Waals surface area contributed by atoms with Crippen LogP contribution in [-0.4, -0.2) is 36.9 Å². The van der Waals surface area contributed by atoms with Gasteiger partial charge in [-0.15, -0.1) is 0 Å². The molecular weight excluding hydrogens is 195 g/mol. The normalized spacial score (nSPS) is 15.3. The first-order valence-electron chi connectivity index (χ1n) is 3.40. The first-order valence-corrected chi connectivity index (χ1v) is 5.82. The van der Waals surface area contributed by atoms with Crippen LogP contribution in [0.15, 0.2) is 0 Å². The molecule has 0 aromatic rings. The minimum absolute atomic E-state index is 0.206. The van der Waals surface area contributed by atoms with E-state index in [2.05, 4.69) is 0 Å². The van der Waals surface area contributed by atoms with Gasteiger partial charge in [-0.25, -0.2) is 0 Å². The Hall–Kier alpha value is 0.439.